The highest BCUT2D eigenvalue weighted by Crippen LogP contribution is 2.19. The molecule has 1 atom stereocenters. The summed E-state index contributed by atoms with van der Waals surface area (Å²) >= 11 is 0. The summed E-state index contributed by atoms with van der Waals surface area (Å²) in [6.45, 7) is 3.12. The number of amides is 1. The molecule has 0 heterocycles. The Kier molecular flexibility index (Phi) is 5.52. The first-order valence-electron chi connectivity index (χ1n) is 7.30. The second-order valence-electron chi connectivity index (χ2n) is 5.35. The molecule has 2 aromatic rings. The van der Waals surface area contributed by atoms with Crippen molar-refractivity contribution in [2.45, 2.75) is 19.9 Å². The summed E-state index contributed by atoms with van der Waals surface area (Å²) in [5.41, 5.74) is 7.69. The van der Waals surface area contributed by atoms with Crippen LogP contribution in [0, 0.1) is 5.92 Å². The summed E-state index contributed by atoms with van der Waals surface area (Å²) in [6.07, 6.45) is 0.470. The number of nitrogens with two attached hydrogens (primary N) is 1. The summed E-state index contributed by atoms with van der Waals surface area (Å²) < 4.78 is 0. The standard InChI is InChI=1S/C18H22N2O/c1-15(13-19)12-18(21)20(17-10-6-3-7-11-17)14-16-8-4-2-5-9-16/h2-11,15H,12-14,19H2,1H3. The van der Waals surface area contributed by atoms with Gasteiger partial charge >= 0.3 is 0 Å². The Morgan fingerprint density at radius 1 is 1.05 bits per heavy atom. The highest BCUT2D eigenvalue weighted by Gasteiger charge is 2.18. The van der Waals surface area contributed by atoms with Crippen molar-refractivity contribution >= 4 is 11.6 Å². The van der Waals surface area contributed by atoms with Crippen LogP contribution >= 0.6 is 0 Å². The molecular weight excluding hydrogens is 260 g/mol. The van der Waals surface area contributed by atoms with Gasteiger partial charge in [0.1, 0.15) is 0 Å². The van der Waals surface area contributed by atoms with Gasteiger partial charge in [-0.2, -0.15) is 0 Å². The lowest BCUT2D eigenvalue weighted by Gasteiger charge is -2.24. The average Bonchev–Trinajstić information content (AvgIpc) is 2.54. The van der Waals surface area contributed by atoms with Crippen molar-refractivity contribution in [2.75, 3.05) is 11.4 Å². The Morgan fingerprint density at radius 2 is 1.62 bits per heavy atom. The normalized spacial score (nSPS) is 11.9. The minimum Gasteiger partial charge on any atom is -0.330 e. The van der Waals surface area contributed by atoms with Gasteiger partial charge in [0.25, 0.3) is 0 Å². The highest BCUT2D eigenvalue weighted by molar-refractivity contribution is 5.93. The van der Waals surface area contributed by atoms with Gasteiger partial charge in [0.05, 0.1) is 6.54 Å². The van der Waals surface area contributed by atoms with Crippen molar-refractivity contribution in [2.24, 2.45) is 11.7 Å². The van der Waals surface area contributed by atoms with Crippen LogP contribution in [0.4, 0.5) is 5.69 Å². The topological polar surface area (TPSA) is 46.3 Å². The van der Waals surface area contributed by atoms with Gasteiger partial charge in [-0.3, -0.25) is 4.79 Å². The molecule has 0 radical (unpaired) electrons. The monoisotopic (exact) mass is 282 g/mol. The molecule has 0 bridgehead atoms. The lowest BCUT2D eigenvalue weighted by Crippen LogP contribution is -2.32. The van der Waals surface area contributed by atoms with Crippen LogP contribution in [0.25, 0.3) is 0 Å². The van der Waals surface area contributed by atoms with Crippen molar-refractivity contribution in [3.63, 3.8) is 0 Å². The van der Waals surface area contributed by atoms with Crippen LogP contribution in [-0.2, 0) is 11.3 Å². The number of nitrogens with zero attached hydrogens (tertiary/aromatic N) is 1. The largest absolute Gasteiger partial charge is 0.330 e. The minimum atomic E-state index is 0.114. The molecule has 1 amide bonds. The molecule has 0 saturated heterocycles. The number of carbonyl (C=O) groups excluding carboxylic acids is 1. The fourth-order valence-corrected chi connectivity index (χ4v) is 2.19. The molecule has 110 valence electrons. The number of hydrogen-bond acceptors (Lipinski definition) is 2. The third kappa shape index (κ3) is 4.43. The van der Waals surface area contributed by atoms with E-state index in [9.17, 15) is 4.79 Å². The van der Waals surface area contributed by atoms with E-state index in [1.54, 1.807) is 0 Å². The number of hydrogen-bond donors (Lipinski definition) is 1. The predicted molar refractivity (Wildman–Crippen MR) is 86.9 cm³/mol. The van der Waals surface area contributed by atoms with E-state index in [0.29, 0.717) is 19.5 Å². The fraction of sp³-hybridized carbons (Fsp3) is 0.278. The van der Waals surface area contributed by atoms with Crippen molar-refractivity contribution < 1.29 is 4.79 Å². The van der Waals surface area contributed by atoms with Crippen molar-refractivity contribution in [3.8, 4) is 0 Å². The number of carbonyl (C=O) groups is 1. The Labute approximate surface area is 126 Å². The number of para-hydroxylation sites is 1. The first-order chi connectivity index (χ1) is 10.2. The third-order valence-electron chi connectivity index (χ3n) is 3.48. The number of benzene rings is 2. The molecule has 0 saturated carbocycles. The molecule has 0 aliphatic carbocycles. The van der Waals surface area contributed by atoms with Gasteiger partial charge in [-0.25, -0.2) is 0 Å². The highest BCUT2D eigenvalue weighted by atomic mass is 16.2. The lowest BCUT2D eigenvalue weighted by molar-refractivity contribution is -0.119. The zero-order valence-corrected chi connectivity index (χ0v) is 12.4. The second kappa shape index (κ2) is 7.60. The van der Waals surface area contributed by atoms with E-state index in [4.69, 9.17) is 5.73 Å². The summed E-state index contributed by atoms with van der Waals surface area (Å²) in [5.74, 6) is 0.308. The summed E-state index contributed by atoms with van der Waals surface area (Å²) in [4.78, 5) is 14.4. The molecule has 0 aliphatic rings. The molecule has 0 spiro atoms. The quantitative estimate of drug-likeness (QED) is 0.884. The molecule has 0 aliphatic heterocycles. The Balaban J connectivity index is 2.20. The van der Waals surface area contributed by atoms with Crippen LogP contribution in [0.5, 0.6) is 0 Å². The Hall–Kier alpha value is -2.13. The number of anilines is 1. The summed E-state index contributed by atoms with van der Waals surface area (Å²) in [7, 11) is 0. The Bertz CT molecular complexity index is 554. The van der Waals surface area contributed by atoms with E-state index < -0.39 is 0 Å². The third-order valence-corrected chi connectivity index (χ3v) is 3.48. The van der Waals surface area contributed by atoms with Crippen molar-refractivity contribution in [3.05, 3.63) is 66.2 Å². The smallest absolute Gasteiger partial charge is 0.227 e. The van der Waals surface area contributed by atoms with Crippen LogP contribution in [0.15, 0.2) is 60.7 Å². The maximum atomic E-state index is 12.6. The Morgan fingerprint density at radius 3 is 2.19 bits per heavy atom. The van der Waals surface area contributed by atoms with E-state index in [-0.39, 0.29) is 11.8 Å². The van der Waals surface area contributed by atoms with Crippen LogP contribution in [0.3, 0.4) is 0 Å². The zero-order valence-electron chi connectivity index (χ0n) is 12.4. The molecule has 0 aromatic heterocycles. The minimum absolute atomic E-state index is 0.114. The van der Waals surface area contributed by atoms with Gasteiger partial charge < -0.3 is 10.6 Å². The molecule has 3 heteroatoms. The van der Waals surface area contributed by atoms with Crippen molar-refractivity contribution in [1.82, 2.24) is 0 Å². The first-order valence-corrected chi connectivity index (χ1v) is 7.30. The molecule has 21 heavy (non-hydrogen) atoms. The molecule has 1 unspecified atom stereocenters. The number of rotatable bonds is 6. The van der Waals surface area contributed by atoms with Gasteiger partial charge in [-0.15, -0.1) is 0 Å². The molecule has 3 nitrogen and oxygen atoms in total. The maximum Gasteiger partial charge on any atom is 0.227 e. The van der Waals surface area contributed by atoms with Gasteiger partial charge in [-0.05, 0) is 30.2 Å². The van der Waals surface area contributed by atoms with Crippen LogP contribution in [-0.4, -0.2) is 12.5 Å². The van der Waals surface area contributed by atoms with Gasteiger partial charge in [0, 0.05) is 12.1 Å². The summed E-state index contributed by atoms with van der Waals surface area (Å²) in [6, 6.07) is 19.8. The van der Waals surface area contributed by atoms with Crippen molar-refractivity contribution in [1.29, 1.82) is 0 Å². The summed E-state index contributed by atoms with van der Waals surface area (Å²) in [5, 5.41) is 0. The molecule has 2 N–H and O–H groups in total. The molecule has 2 aromatic carbocycles. The van der Waals surface area contributed by atoms with Crippen LogP contribution in [0.2, 0.25) is 0 Å². The average molecular weight is 282 g/mol. The predicted octanol–water partition coefficient (Wildman–Crippen LogP) is 3.20. The second-order valence-corrected chi connectivity index (χ2v) is 5.35. The van der Waals surface area contributed by atoms with Crippen LogP contribution < -0.4 is 10.6 Å². The van der Waals surface area contributed by atoms with E-state index in [2.05, 4.69) is 0 Å². The zero-order chi connectivity index (χ0) is 15.1. The van der Waals surface area contributed by atoms with E-state index >= 15 is 0 Å². The molecule has 2 rings (SSSR count). The van der Waals surface area contributed by atoms with E-state index in [1.807, 2.05) is 72.5 Å². The SMILES string of the molecule is CC(CN)CC(=O)N(Cc1ccccc1)c1ccccc1. The van der Waals surface area contributed by atoms with Gasteiger partial charge in [0.15, 0.2) is 0 Å². The van der Waals surface area contributed by atoms with E-state index in [1.165, 1.54) is 0 Å². The molecular formula is C18H22N2O. The van der Waals surface area contributed by atoms with Crippen LogP contribution in [0.1, 0.15) is 18.9 Å². The molecule has 0 fully saturated rings. The van der Waals surface area contributed by atoms with Gasteiger partial charge in [-0.1, -0.05) is 55.5 Å². The van der Waals surface area contributed by atoms with E-state index in [0.717, 1.165) is 11.3 Å². The fourth-order valence-electron chi connectivity index (χ4n) is 2.19. The first kappa shape index (κ1) is 15.3. The van der Waals surface area contributed by atoms with Gasteiger partial charge in [0.2, 0.25) is 5.91 Å². The maximum absolute atomic E-state index is 12.6. The lowest BCUT2D eigenvalue weighted by atomic mass is 10.1.